The molecule has 7 nitrogen and oxygen atoms in total. The molecule has 0 spiro atoms. The van der Waals surface area contributed by atoms with Gasteiger partial charge in [-0.15, -0.1) is 0 Å². The highest BCUT2D eigenvalue weighted by Crippen LogP contribution is 2.28. The van der Waals surface area contributed by atoms with E-state index in [9.17, 15) is 18.0 Å². The van der Waals surface area contributed by atoms with Crippen molar-refractivity contribution in [2.45, 2.75) is 51.6 Å². The van der Waals surface area contributed by atoms with Crippen molar-refractivity contribution in [3.05, 3.63) is 92.9 Å². The van der Waals surface area contributed by atoms with Gasteiger partial charge in [-0.2, -0.15) is 0 Å². The molecule has 0 radical (unpaired) electrons. The van der Waals surface area contributed by atoms with Gasteiger partial charge in [-0.3, -0.25) is 13.9 Å². The normalized spacial score (nSPS) is 12.2. The maximum Gasteiger partial charge on any atom is 0.264 e. The zero-order valence-electron chi connectivity index (χ0n) is 23.4. The highest BCUT2D eigenvalue weighted by Gasteiger charge is 2.34. The van der Waals surface area contributed by atoms with E-state index in [1.165, 1.54) is 29.2 Å². The van der Waals surface area contributed by atoms with Crippen LogP contribution in [0.25, 0.3) is 0 Å². The second-order valence-corrected chi connectivity index (χ2v) is 13.3. The summed E-state index contributed by atoms with van der Waals surface area (Å²) in [5.74, 6) is -0.710. The third-order valence-corrected chi connectivity index (χ3v) is 9.06. The van der Waals surface area contributed by atoms with Gasteiger partial charge >= 0.3 is 0 Å². The molecule has 0 aromatic heterocycles. The predicted molar refractivity (Wildman–Crippen MR) is 166 cm³/mol. The molecule has 1 N–H and O–H groups in total. The van der Waals surface area contributed by atoms with Crippen molar-refractivity contribution < 1.29 is 18.0 Å². The monoisotopic (exact) mass is 637 g/mol. The van der Waals surface area contributed by atoms with Crippen molar-refractivity contribution in [1.29, 1.82) is 0 Å². The molecule has 0 heterocycles. The number of carbonyl (C=O) groups excluding carboxylic acids is 2. The Balaban J connectivity index is 2.06. The Morgan fingerprint density at radius 1 is 0.902 bits per heavy atom. The standard InChI is InChI=1S/C30H34Cl3N3O4S/c1-5-28(30(38)34-17-20(2)3)35(18-22-8-9-24(32)16-27(22)33)29(37)19-36(25-12-10-23(31)11-13-25)41(39,40)26-14-6-21(4)7-15-26/h6-16,20,28H,5,17-19H2,1-4H3,(H,34,38). The van der Waals surface area contributed by atoms with Crippen LogP contribution >= 0.6 is 34.8 Å². The Morgan fingerprint density at radius 3 is 2.07 bits per heavy atom. The first kappa shape index (κ1) is 32.7. The number of hydrogen-bond donors (Lipinski definition) is 1. The van der Waals surface area contributed by atoms with Crippen LogP contribution in [0, 0.1) is 12.8 Å². The molecule has 0 saturated heterocycles. The number of anilines is 1. The fourth-order valence-electron chi connectivity index (χ4n) is 4.15. The number of amides is 2. The maximum atomic E-state index is 14.1. The van der Waals surface area contributed by atoms with Gasteiger partial charge in [-0.1, -0.05) is 79.3 Å². The minimum absolute atomic E-state index is 0.0263. The van der Waals surface area contributed by atoms with E-state index < -0.39 is 28.5 Å². The average Bonchev–Trinajstić information content (AvgIpc) is 2.92. The summed E-state index contributed by atoms with van der Waals surface area (Å²) < 4.78 is 28.8. The molecule has 1 atom stereocenters. The first-order valence-corrected chi connectivity index (χ1v) is 15.8. The molecule has 11 heteroatoms. The molecule has 41 heavy (non-hydrogen) atoms. The zero-order valence-corrected chi connectivity index (χ0v) is 26.5. The van der Waals surface area contributed by atoms with Crippen LogP contribution in [0.2, 0.25) is 15.1 Å². The molecule has 0 fully saturated rings. The van der Waals surface area contributed by atoms with E-state index >= 15 is 0 Å². The molecule has 0 bridgehead atoms. The van der Waals surface area contributed by atoms with Gasteiger partial charge < -0.3 is 10.2 Å². The quantitative estimate of drug-likeness (QED) is 0.238. The molecule has 1 unspecified atom stereocenters. The van der Waals surface area contributed by atoms with Crippen molar-refractivity contribution >= 4 is 62.3 Å². The van der Waals surface area contributed by atoms with Gasteiger partial charge in [0.25, 0.3) is 10.0 Å². The molecule has 0 saturated carbocycles. The van der Waals surface area contributed by atoms with Crippen LogP contribution in [0.15, 0.2) is 71.6 Å². The highest BCUT2D eigenvalue weighted by atomic mass is 35.5. The predicted octanol–water partition coefficient (Wildman–Crippen LogP) is 6.73. The Labute approximate surface area is 257 Å². The summed E-state index contributed by atoms with van der Waals surface area (Å²) >= 11 is 18.6. The van der Waals surface area contributed by atoms with Gasteiger partial charge in [0.05, 0.1) is 10.6 Å². The molecule has 3 rings (SSSR count). The van der Waals surface area contributed by atoms with Gasteiger partial charge in [0.1, 0.15) is 12.6 Å². The number of aryl methyl sites for hydroxylation is 1. The maximum absolute atomic E-state index is 14.1. The van der Waals surface area contributed by atoms with Crippen molar-refractivity contribution in [3.8, 4) is 0 Å². The van der Waals surface area contributed by atoms with E-state index in [2.05, 4.69) is 5.32 Å². The molecule has 0 aliphatic carbocycles. The van der Waals surface area contributed by atoms with Crippen molar-refractivity contribution in [2.75, 3.05) is 17.4 Å². The number of nitrogens with zero attached hydrogens (tertiary/aromatic N) is 2. The van der Waals surface area contributed by atoms with Gasteiger partial charge in [0, 0.05) is 28.2 Å². The second-order valence-electron chi connectivity index (χ2n) is 10.1. The Kier molecular flexibility index (Phi) is 11.5. The minimum atomic E-state index is -4.17. The molecule has 0 aliphatic rings. The second kappa shape index (κ2) is 14.4. The smallest absolute Gasteiger partial charge is 0.264 e. The summed E-state index contributed by atoms with van der Waals surface area (Å²) in [4.78, 5) is 28.8. The van der Waals surface area contributed by atoms with Gasteiger partial charge in [0.2, 0.25) is 11.8 Å². The molecule has 3 aromatic carbocycles. The van der Waals surface area contributed by atoms with E-state index in [1.54, 1.807) is 49.4 Å². The van der Waals surface area contributed by atoms with Gasteiger partial charge in [-0.25, -0.2) is 8.42 Å². The first-order valence-electron chi connectivity index (χ1n) is 13.2. The van der Waals surface area contributed by atoms with Crippen LogP contribution in [-0.4, -0.2) is 44.3 Å². The summed E-state index contributed by atoms with van der Waals surface area (Å²) in [7, 11) is -4.17. The number of sulfonamides is 1. The molecular formula is C30H34Cl3N3O4S. The minimum Gasteiger partial charge on any atom is -0.354 e. The summed E-state index contributed by atoms with van der Waals surface area (Å²) in [6.45, 7) is 7.43. The fourth-order valence-corrected chi connectivity index (χ4v) is 6.16. The van der Waals surface area contributed by atoms with E-state index in [1.807, 2.05) is 20.8 Å². The lowest BCUT2D eigenvalue weighted by atomic mass is 10.1. The van der Waals surface area contributed by atoms with Crippen LogP contribution in [0.1, 0.15) is 38.3 Å². The fraction of sp³-hybridized carbons (Fsp3) is 0.333. The van der Waals surface area contributed by atoms with Crippen molar-refractivity contribution in [2.24, 2.45) is 5.92 Å². The average molecular weight is 639 g/mol. The van der Waals surface area contributed by atoms with E-state index in [0.29, 0.717) is 33.6 Å². The lowest BCUT2D eigenvalue weighted by Crippen LogP contribution is -2.52. The summed E-state index contributed by atoms with van der Waals surface area (Å²) in [5.41, 5.74) is 1.71. The zero-order chi connectivity index (χ0) is 30.3. The lowest BCUT2D eigenvalue weighted by molar-refractivity contribution is -0.140. The number of benzene rings is 3. The largest absolute Gasteiger partial charge is 0.354 e. The molecule has 3 aromatic rings. The van der Waals surface area contributed by atoms with Crippen LogP contribution in [0.3, 0.4) is 0 Å². The van der Waals surface area contributed by atoms with Gasteiger partial charge in [-0.05, 0) is 73.4 Å². The molecule has 220 valence electrons. The molecule has 0 aliphatic heterocycles. The van der Waals surface area contributed by atoms with Crippen molar-refractivity contribution in [1.82, 2.24) is 10.2 Å². The Bertz CT molecular complexity index is 1460. The van der Waals surface area contributed by atoms with Crippen LogP contribution < -0.4 is 9.62 Å². The number of nitrogens with one attached hydrogen (secondary N) is 1. The highest BCUT2D eigenvalue weighted by molar-refractivity contribution is 7.92. The van der Waals surface area contributed by atoms with Crippen molar-refractivity contribution in [3.63, 3.8) is 0 Å². The number of carbonyl (C=O) groups is 2. The molecule has 2 amide bonds. The molecular weight excluding hydrogens is 605 g/mol. The van der Waals surface area contributed by atoms with Crippen LogP contribution in [-0.2, 0) is 26.2 Å². The summed E-state index contributed by atoms with van der Waals surface area (Å²) in [6, 6.07) is 16.6. The Hall–Kier alpha value is -2.78. The van der Waals surface area contributed by atoms with E-state index in [-0.39, 0.29) is 29.0 Å². The number of hydrogen-bond acceptors (Lipinski definition) is 4. The summed E-state index contributed by atoms with van der Waals surface area (Å²) in [6.07, 6.45) is 0.298. The third kappa shape index (κ3) is 8.61. The number of rotatable bonds is 12. The first-order chi connectivity index (χ1) is 19.3. The number of halogens is 3. The van der Waals surface area contributed by atoms with E-state index in [0.717, 1.165) is 9.87 Å². The summed E-state index contributed by atoms with van der Waals surface area (Å²) in [5, 5.41) is 4.07. The third-order valence-electron chi connectivity index (χ3n) is 6.43. The van der Waals surface area contributed by atoms with E-state index in [4.69, 9.17) is 34.8 Å². The topological polar surface area (TPSA) is 86.8 Å². The Morgan fingerprint density at radius 2 is 1.51 bits per heavy atom. The van der Waals surface area contributed by atoms with Crippen LogP contribution in [0.4, 0.5) is 5.69 Å². The lowest BCUT2D eigenvalue weighted by Gasteiger charge is -2.33. The van der Waals surface area contributed by atoms with Gasteiger partial charge in [0.15, 0.2) is 0 Å². The SMILES string of the molecule is CCC(C(=O)NCC(C)C)N(Cc1ccc(Cl)cc1Cl)C(=O)CN(c1ccc(Cl)cc1)S(=O)(=O)c1ccc(C)cc1. The van der Waals surface area contributed by atoms with Crippen LogP contribution in [0.5, 0.6) is 0 Å².